The average Bonchev–Trinajstić information content (AvgIpc) is 3.56. The van der Waals surface area contributed by atoms with E-state index in [1.54, 1.807) is 18.2 Å². The van der Waals surface area contributed by atoms with Crippen LogP contribution in [0.4, 0.5) is 5.82 Å². The van der Waals surface area contributed by atoms with Gasteiger partial charge in [-0.1, -0.05) is 32.6 Å². The number of methoxy groups -OCH3 is 3. The number of benzene rings is 1. The lowest BCUT2D eigenvalue weighted by Crippen LogP contribution is -2.44. The smallest absolute Gasteiger partial charge is 0.381 e. The molecular formula is C25H34N4O8. The molecule has 1 aliphatic heterocycles. The molecule has 1 saturated heterocycles. The zero-order valence-electron chi connectivity index (χ0n) is 21.6. The third-order valence-corrected chi connectivity index (χ3v) is 6.43. The van der Waals surface area contributed by atoms with Gasteiger partial charge in [-0.3, -0.25) is 9.36 Å². The number of nitro groups is 1. The van der Waals surface area contributed by atoms with E-state index in [1.807, 2.05) is 0 Å². The quantitative estimate of drug-likeness (QED) is 0.169. The topological polar surface area (TPSA) is 135 Å². The van der Waals surface area contributed by atoms with Crippen molar-refractivity contribution in [3.63, 3.8) is 0 Å². The minimum Gasteiger partial charge on any atom is -0.493 e. The number of ether oxygens (including phenoxy) is 4. The van der Waals surface area contributed by atoms with E-state index in [2.05, 4.69) is 11.9 Å². The van der Waals surface area contributed by atoms with Gasteiger partial charge < -0.3 is 34.0 Å². The fraction of sp³-hybridized carbons (Fsp3) is 0.560. The van der Waals surface area contributed by atoms with Gasteiger partial charge in [0.15, 0.2) is 11.5 Å². The molecule has 0 bridgehead atoms. The molecule has 3 rings (SSSR count). The van der Waals surface area contributed by atoms with Crippen LogP contribution in [0.3, 0.4) is 0 Å². The first kappa shape index (κ1) is 27.8. The first-order valence-corrected chi connectivity index (χ1v) is 12.3. The van der Waals surface area contributed by atoms with E-state index in [0.717, 1.165) is 25.7 Å². The molecule has 1 aromatic carbocycles. The Morgan fingerprint density at radius 3 is 2.54 bits per heavy atom. The Kier molecular flexibility index (Phi) is 9.70. The van der Waals surface area contributed by atoms with E-state index < -0.39 is 29.1 Å². The molecule has 0 spiro atoms. The number of hydrogen-bond donors (Lipinski definition) is 0. The maximum absolute atomic E-state index is 13.8. The minimum absolute atomic E-state index is 0.148. The lowest BCUT2D eigenvalue weighted by atomic mass is 10.1. The lowest BCUT2D eigenvalue weighted by molar-refractivity contribution is -0.389. The number of likely N-dealkylation sites (tertiary alicyclic amines) is 1. The number of carbonyl (C=O) groups is 2. The van der Waals surface area contributed by atoms with Crippen LogP contribution in [0.2, 0.25) is 0 Å². The fourth-order valence-corrected chi connectivity index (χ4v) is 4.51. The Morgan fingerprint density at radius 1 is 1.16 bits per heavy atom. The van der Waals surface area contributed by atoms with Crippen LogP contribution in [0.1, 0.15) is 51.5 Å². The SMILES string of the molecule is CCCCCC[C@H](C(=O)N1C[C@@H](Oc2ccc(OC)c(OC)c2)C[C@H]1C(=O)OC)n1cnc([N+](=O)[O-])c1. The Balaban J connectivity index is 1.83. The van der Waals surface area contributed by atoms with E-state index in [1.165, 1.54) is 43.3 Å². The zero-order valence-corrected chi connectivity index (χ0v) is 21.6. The second-order valence-corrected chi connectivity index (χ2v) is 8.82. The molecule has 0 saturated carbocycles. The highest BCUT2D eigenvalue weighted by Crippen LogP contribution is 2.34. The summed E-state index contributed by atoms with van der Waals surface area (Å²) < 4.78 is 23.1. The molecule has 2 aromatic rings. The van der Waals surface area contributed by atoms with Crippen LogP contribution in [0.15, 0.2) is 30.7 Å². The maximum atomic E-state index is 13.8. The van der Waals surface area contributed by atoms with Crippen molar-refractivity contribution < 1.29 is 33.5 Å². The van der Waals surface area contributed by atoms with Crippen molar-refractivity contribution in [3.8, 4) is 17.2 Å². The number of hydrogen-bond acceptors (Lipinski definition) is 9. The van der Waals surface area contributed by atoms with Gasteiger partial charge in [-0.2, -0.15) is 0 Å². The average molecular weight is 519 g/mol. The monoisotopic (exact) mass is 518 g/mol. The molecular weight excluding hydrogens is 484 g/mol. The molecule has 202 valence electrons. The number of carbonyl (C=O) groups excluding carboxylic acids is 2. The summed E-state index contributed by atoms with van der Waals surface area (Å²) in [5, 5.41) is 11.2. The molecule has 0 aliphatic carbocycles. The number of rotatable bonds is 13. The highest BCUT2D eigenvalue weighted by atomic mass is 16.6. The summed E-state index contributed by atoms with van der Waals surface area (Å²) in [7, 11) is 4.33. The standard InChI is InChI=1S/C25H34N4O8/c1-5-6-7-8-9-19(27-15-23(26-16-27)29(32)33)24(30)28-14-18(12-20(28)25(31)36-4)37-17-10-11-21(34-2)22(13-17)35-3/h10-11,13,15-16,18-20H,5-9,12,14H2,1-4H3/t18-,19+,20-/m0/s1. The van der Waals surface area contributed by atoms with Gasteiger partial charge in [0.1, 0.15) is 30.1 Å². The number of imidazole rings is 1. The van der Waals surface area contributed by atoms with Crippen molar-refractivity contribution in [3.05, 3.63) is 40.8 Å². The molecule has 2 heterocycles. The zero-order chi connectivity index (χ0) is 26.9. The molecule has 37 heavy (non-hydrogen) atoms. The molecule has 0 N–H and O–H groups in total. The number of esters is 1. The van der Waals surface area contributed by atoms with Gasteiger partial charge in [-0.25, -0.2) is 4.79 Å². The van der Waals surface area contributed by atoms with Gasteiger partial charge in [0.05, 0.1) is 27.9 Å². The maximum Gasteiger partial charge on any atom is 0.381 e. The summed E-state index contributed by atoms with van der Waals surface area (Å²) in [6, 6.07) is 3.52. The number of amides is 1. The van der Waals surface area contributed by atoms with E-state index in [-0.39, 0.29) is 24.7 Å². The van der Waals surface area contributed by atoms with Crippen molar-refractivity contribution in [2.24, 2.45) is 0 Å². The van der Waals surface area contributed by atoms with E-state index in [9.17, 15) is 19.7 Å². The number of aromatic nitrogens is 2. The van der Waals surface area contributed by atoms with Gasteiger partial charge >= 0.3 is 11.8 Å². The van der Waals surface area contributed by atoms with Crippen molar-refractivity contribution >= 4 is 17.7 Å². The molecule has 12 nitrogen and oxygen atoms in total. The van der Waals surface area contributed by atoms with Crippen molar-refractivity contribution in [2.75, 3.05) is 27.9 Å². The summed E-state index contributed by atoms with van der Waals surface area (Å²) in [5.74, 6) is 0.315. The summed E-state index contributed by atoms with van der Waals surface area (Å²) in [5.41, 5.74) is 0. The third kappa shape index (κ3) is 6.69. The minimum atomic E-state index is -0.848. The van der Waals surface area contributed by atoms with Gasteiger partial charge in [0.2, 0.25) is 12.2 Å². The number of unbranched alkanes of at least 4 members (excludes halogenated alkanes) is 3. The molecule has 1 aliphatic rings. The molecule has 0 unspecified atom stereocenters. The summed E-state index contributed by atoms with van der Waals surface area (Å²) in [4.78, 5) is 42.3. The first-order valence-electron chi connectivity index (χ1n) is 12.3. The fourth-order valence-electron chi connectivity index (χ4n) is 4.51. The Labute approximate surface area is 215 Å². The van der Waals surface area contributed by atoms with E-state index >= 15 is 0 Å². The van der Waals surface area contributed by atoms with Crippen molar-refractivity contribution in [1.29, 1.82) is 0 Å². The van der Waals surface area contributed by atoms with E-state index in [0.29, 0.717) is 23.7 Å². The van der Waals surface area contributed by atoms with Gasteiger partial charge in [-0.15, -0.1) is 0 Å². The summed E-state index contributed by atoms with van der Waals surface area (Å²) in [6.07, 6.45) is 6.47. The van der Waals surface area contributed by atoms with Crippen LogP contribution in [-0.4, -0.2) is 71.3 Å². The predicted octanol–water partition coefficient (Wildman–Crippen LogP) is 3.54. The van der Waals surface area contributed by atoms with Crippen LogP contribution in [-0.2, 0) is 14.3 Å². The highest BCUT2D eigenvalue weighted by molar-refractivity contribution is 5.87. The highest BCUT2D eigenvalue weighted by Gasteiger charge is 2.44. The molecule has 3 atom stereocenters. The number of nitrogens with zero attached hydrogens (tertiary/aromatic N) is 4. The first-order chi connectivity index (χ1) is 17.8. The second-order valence-electron chi connectivity index (χ2n) is 8.82. The van der Waals surface area contributed by atoms with Gasteiger partial charge in [0.25, 0.3) is 0 Å². The van der Waals surface area contributed by atoms with Gasteiger partial charge in [-0.05, 0) is 28.5 Å². The van der Waals surface area contributed by atoms with E-state index in [4.69, 9.17) is 18.9 Å². The molecule has 1 aromatic heterocycles. The van der Waals surface area contributed by atoms with Crippen molar-refractivity contribution in [1.82, 2.24) is 14.5 Å². The normalized spacial score (nSPS) is 17.8. The van der Waals surface area contributed by atoms with Crippen LogP contribution in [0, 0.1) is 10.1 Å². The van der Waals surface area contributed by atoms with Crippen LogP contribution < -0.4 is 14.2 Å². The largest absolute Gasteiger partial charge is 0.493 e. The van der Waals surface area contributed by atoms with Gasteiger partial charge in [0, 0.05) is 12.5 Å². The Hall–Kier alpha value is -3.83. The van der Waals surface area contributed by atoms with Crippen LogP contribution >= 0.6 is 0 Å². The lowest BCUT2D eigenvalue weighted by Gasteiger charge is -2.27. The summed E-state index contributed by atoms with van der Waals surface area (Å²) >= 11 is 0. The Bertz CT molecular complexity index is 1090. The van der Waals surface area contributed by atoms with Crippen LogP contribution in [0.5, 0.6) is 17.2 Å². The second kappa shape index (κ2) is 12.9. The van der Waals surface area contributed by atoms with Crippen molar-refractivity contribution in [2.45, 2.75) is 63.6 Å². The molecule has 0 radical (unpaired) electrons. The Morgan fingerprint density at radius 2 is 1.92 bits per heavy atom. The van der Waals surface area contributed by atoms with Crippen LogP contribution in [0.25, 0.3) is 0 Å². The molecule has 1 fully saturated rings. The third-order valence-electron chi connectivity index (χ3n) is 6.43. The molecule has 12 heteroatoms. The summed E-state index contributed by atoms with van der Waals surface area (Å²) in [6.45, 7) is 2.24. The molecule has 1 amide bonds. The predicted molar refractivity (Wildman–Crippen MR) is 133 cm³/mol.